The Kier molecular flexibility index (Phi) is 9.25. The molecule has 4 rings (SSSR count). The van der Waals surface area contributed by atoms with Gasteiger partial charge in [0.25, 0.3) is 5.91 Å². The number of para-hydroxylation sites is 2. The lowest BCUT2D eigenvalue weighted by Crippen LogP contribution is -2.25. The Morgan fingerprint density at radius 1 is 0.895 bits per heavy atom. The first-order chi connectivity index (χ1) is 18.5. The molecular weight excluding hydrogens is 478 g/mol. The van der Waals surface area contributed by atoms with E-state index in [0.29, 0.717) is 30.2 Å². The lowest BCUT2D eigenvalue weighted by molar-refractivity contribution is 0.0952. The fourth-order valence-corrected chi connectivity index (χ4v) is 4.53. The number of carbonyl (C=O) groups is 1. The second-order valence-corrected chi connectivity index (χ2v) is 9.35. The van der Waals surface area contributed by atoms with Crippen LogP contribution < -0.4 is 19.5 Å². The third-order valence-corrected chi connectivity index (χ3v) is 6.83. The SMILES string of the molecule is COc1ccc(C(=O)NCCCc2nc3ccccc3n2CCCCOc2cccc(C)c2C)cc1OC. The van der Waals surface area contributed by atoms with Crippen molar-refractivity contribution in [3.05, 3.63) is 83.2 Å². The van der Waals surface area contributed by atoms with Crippen LogP contribution in [0.5, 0.6) is 17.2 Å². The summed E-state index contributed by atoms with van der Waals surface area (Å²) in [5.74, 6) is 3.01. The molecule has 7 heteroatoms. The number of hydrogen-bond acceptors (Lipinski definition) is 5. The molecule has 200 valence electrons. The van der Waals surface area contributed by atoms with Gasteiger partial charge in [0.1, 0.15) is 11.6 Å². The van der Waals surface area contributed by atoms with Crippen molar-refractivity contribution in [1.29, 1.82) is 0 Å². The van der Waals surface area contributed by atoms with E-state index < -0.39 is 0 Å². The molecule has 0 fully saturated rings. The van der Waals surface area contributed by atoms with Crippen molar-refractivity contribution >= 4 is 16.9 Å². The van der Waals surface area contributed by atoms with E-state index in [1.54, 1.807) is 32.4 Å². The number of amides is 1. The summed E-state index contributed by atoms with van der Waals surface area (Å²) in [6, 6.07) is 19.6. The van der Waals surface area contributed by atoms with Gasteiger partial charge in [-0.3, -0.25) is 4.79 Å². The van der Waals surface area contributed by atoms with E-state index in [0.717, 1.165) is 54.8 Å². The summed E-state index contributed by atoms with van der Waals surface area (Å²) < 4.78 is 18.9. The molecule has 0 spiro atoms. The van der Waals surface area contributed by atoms with Gasteiger partial charge in [-0.1, -0.05) is 24.3 Å². The Balaban J connectivity index is 1.30. The number of unbranched alkanes of at least 4 members (excludes halogenated alkanes) is 1. The molecule has 0 aliphatic heterocycles. The highest BCUT2D eigenvalue weighted by atomic mass is 16.5. The van der Waals surface area contributed by atoms with E-state index >= 15 is 0 Å². The van der Waals surface area contributed by atoms with Gasteiger partial charge in [-0.05, 0) is 80.6 Å². The molecule has 1 aromatic heterocycles. The predicted molar refractivity (Wildman–Crippen MR) is 151 cm³/mol. The van der Waals surface area contributed by atoms with Crippen molar-refractivity contribution in [3.8, 4) is 17.2 Å². The molecule has 0 saturated heterocycles. The van der Waals surface area contributed by atoms with Crippen molar-refractivity contribution in [2.75, 3.05) is 27.4 Å². The maximum absolute atomic E-state index is 12.6. The van der Waals surface area contributed by atoms with Gasteiger partial charge in [0.2, 0.25) is 0 Å². The minimum Gasteiger partial charge on any atom is -0.493 e. The zero-order valence-corrected chi connectivity index (χ0v) is 22.8. The topological polar surface area (TPSA) is 74.6 Å². The molecule has 38 heavy (non-hydrogen) atoms. The van der Waals surface area contributed by atoms with Crippen LogP contribution in [0.3, 0.4) is 0 Å². The number of aromatic nitrogens is 2. The number of ether oxygens (including phenoxy) is 3. The first-order valence-corrected chi connectivity index (χ1v) is 13.1. The maximum Gasteiger partial charge on any atom is 0.251 e. The second-order valence-electron chi connectivity index (χ2n) is 9.35. The van der Waals surface area contributed by atoms with E-state index in [1.807, 2.05) is 18.2 Å². The average Bonchev–Trinajstić information content (AvgIpc) is 3.29. The molecule has 3 aromatic carbocycles. The Labute approximate surface area is 224 Å². The molecule has 0 aliphatic carbocycles. The number of nitrogens with zero attached hydrogens (tertiary/aromatic N) is 2. The van der Waals surface area contributed by atoms with Crippen LogP contribution in [0.15, 0.2) is 60.7 Å². The number of aryl methyl sites for hydroxylation is 3. The molecule has 1 N–H and O–H groups in total. The summed E-state index contributed by atoms with van der Waals surface area (Å²) >= 11 is 0. The normalized spacial score (nSPS) is 10.9. The summed E-state index contributed by atoms with van der Waals surface area (Å²) in [6.45, 7) is 6.33. The number of nitrogens with one attached hydrogen (secondary N) is 1. The Morgan fingerprint density at radius 3 is 2.53 bits per heavy atom. The third kappa shape index (κ3) is 6.46. The highest BCUT2D eigenvalue weighted by Gasteiger charge is 2.13. The van der Waals surface area contributed by atoms with Gasteiger partial charge in [-0.2, -0.15) is 0 Å². The number of rotatable bonds is 13. The van der Waals surface area contributed by atoms with E-state index in [-0.39, 0.29) is 5.91 Å². The minimum atomic E-state index is -0.136. The van der Waals surface area contributed by atoms with E-state index in [9.17, 15) is 4.79 Å². The standard InChI is InChI=1S/C31H37N3O4/c1-22-11-9-14-27(23(22)2)38-20-8-7-19-34-26-13-6-5-12-25(26)33-30(34)15-10-18-32-31(35)24-16-17-28(36-3)29(21-24)37-4/h5-6,9,11-14,16-17,21H,7-8,10,15,18-20H2,1-4H3,(H,32,35). The highest BCUT2D eigenvalue weighted by Crippen LogP contribution is 2.27. The van der Waals surface area contributed by atoms with Gasteiger partial charge < -0.3 is 24.1 Å². The minimum absolute atomic E-state index is 0.136. The number of methoxy groups -OCH3 is 2. The summed E-state index contributed by atoms with van der Waals surface area (Å²) in [5, 5.41) is 3.01. The molecule has 0 saturated carbocycles. The molecular formula is C31H37N3O4. The van der Waals surface area contributed by atoms with Crippen molar-refractivity contribution < 1.29 is 19.0 Å². The fourth-order valence-electron chi connectivity index (χ4n) is 4.53. The van der Waals surface area contributed by atoms with E-state index in [4.69, 9.17) is 19.2 Å². The zero-order chi connectivity index (χ0) is 26.9. The number of carbonyl (C=O) groups excluding carboxylic acids is 1. The van der Waals surface area contributed by atoms with Crippen molar-refractivity contribution in [1.82, 2.24) is 14.9 Å². The molecule has 1 amide bonds. The summed E-state index contributed by atoms with van der Waals surface area (Å²) in [4.78, 5) is 17.5. The van der Waals surface area contributed by atoms with Gasteiger partial charge >= 0.3 is 0 Å². The van der Waals surface area contributed by atoms with Gasteiger partial charge in [0, 0.05) is 25.1 Å². The van der Waals surface area contributed by atoms with Crippen molar-refractivity contribution in [3.63, 3.8) is 0 Å². The Morgan fingerprint density at radius 2 is 1.71 bits per heavy atom. The van der Waals surface area contributed by atoms with Gasteiger partial charge in [-0.15, -0.1) is 0 Å². The summed E-state index contributed by atoms with van der Waals surface area (Å²) in [6.07, 6.45) is 3.52. The molecule has 7 nitrogen and oxygen atoms in total. The molecule has 0 bridgehead atoms. The Hall–Kier alpha value is -4.00. The van der Waals surface area contributed by atoms with Crippen LogP contribution in [-0.2, 0) is 13.0 Å². The molecule has 0 atom stereocenters. The van der Waals surface area contributed by atoms with Crippen LogP contribution in [0.25, 0.3) is 11.0 Å². The van der Waals surface area contributed by atoms with Crippen LogP contribution in [0, 0.1) is 13.8 Å². The molecule has 0 radical (unpaired) electrons. The molecule has 1 heterocycles. The summed E-state index contributed by atoms with van der Waals surface area (Å²) in [5.41, 5.74) is 5.14. The van der Waals surface area contributed by atoms with E-state index in [1.165, 1.54) is 11.1 Å². The number of fused-ring (bicyclic) bond motifs is 1. The van der Waals surface area contributed by atoms with Gasteiger partial charge in [0.15, 0.2) is 11.5 Å². The van der Waals surface area contributed by atoms with Crippen LogP contribution in [0.2, 0.25) is 0 Å². The van der Waals surface area contributed by atoms with Crippen molar-refractivity contribution in [2.24, 2.45) is 0 Å². The predicted octanol–water partition coefficient (Wildman–Crippen LogP) is 5.89. The fraction of sp³-hybridized carbons (Fsp3) is 0.355. The second kappa shape index (κ2) is 13.0. The quantitative estimate of drug-likeness (QED) is 0.225. The molecule has 4 aromatic rings. The zero-order valence-electron chi connectivity index (χ0n) is 22.8. The summed E-state index contributed by atoms with van der Waals surface area (Å²) in [7, 11) is 3.13. The Bertz CT molecular complexity index is 1380. The van der Waals surface area contributed by atoms with Crippen LogP contribution in [0.4, 0.5) is 0 Å². The van der Waals surface area contributed by atoms with Crippen LogP contribution in [-0.4, -0.2) is 42.8 Å². The lowest BCUT2D eigenvalue weighted by atomic mass is 10.1. The van der Waals surface area contributed by atoms with Gasteiger partial charge in [-0.25, -0.2) is 4.98 Å². The maximum atomic E-state index is 12.6. The number of hydrogen-bond donors (Lipinski definition) is 1. The van der Waals surface area contributed by atoms with Crippen LogP contribution in [0.1, 0.15) is 46.6 Å². The number of benzene rings is 3. The largest absolute Gasteiger partial charge is 0.493 e. The van der Waals surface area contributed by atoms with Crippen molar-refractivity contribution in [2.45, 2.75) is 46.1 Å². The molecule has 0 unspecified atom stereocenters. The van der Waals surface area contributed by atoms with Gasteiger partial charge in [0.05, 0.1) is 31.9 Å². The first-order valence-electron chi connectivity index (χ1n) is 13.1. The smallest absolute Gasteiger partial charge is 0.251 e. The monoisotopic (exact) mass is 515 g/mol. The third-order valence-electron chi connectivity index (χ3n) is 6.83. The van der Waals surface area contributed by atoms with E-state index in [2.05, 4.69) is 48.0 Å². The highest BCUT2D eigenvalue weighted by molar-refractivity contribution is 5.94. The van der Waals surface area contributed by atoms with Crippen LogP contribution >= 0.6 is 0 Å². The number of imidazole rings is 1. The average molecular weight is 516 g/mol. The lowest BCUT2D eigenvalue weighted by Gasteiger charge is -2.12. The molecule has 0 aliphatic rings. The first kappa shape index (κ1) is 27.0.